The van der Waals surface area contributed by atoms with Crippen molar-refractivity contribution in [3.05, 3.63) is 42.2 Å². The molecule has 4 heteroatoms. The standard InChI is InChI=1S/C14H16N2O2/c1-3-17-12-5-4-6-13(14(12)15)18-11-8-7-10(2)16-9-11/h4-9H,3,15H2,1-2H3. The van der Waals surface area contributed by atoms with E-state index in [1.54, 1.807) is 12.3 Å². The lowest BCUT2D eigenvalue weighted by molar-refractivity contribution is 0.340. The van der Waals surface area contributed by atoms with E-state index in [4.69, 9.17) is 15.2 Å². The Kier molecular flexibility index (Phi) is 3.67. The third kappa shape index (κ3) is 2.71. The second-order valence-electron chi connectivity index (χ2n) is 3.84. The number of para-hydroxylation sites is 1. The SMILES string of the molecule is CCOc1cccc(Oc2ccc(C)nc2)c1N. The molecule has 2 rings (SSSR count). The first-order valence-electron chi connectivity index (χ1n) is 5.82. The van der Waals surface area contributed by atoms with Gasteiger partial charge in [0.05, 0.1) is 12.8 Å². The first kappa shape index (κ1) is 12.2. The van der Waals surface area contributed by atoms with Gasteiger partial charge in [0.15, 0.2) is 5.75 Å². The Morgan fingerprint density at radius 1 is 1.17 bits per heavy atom. The Labute approximate surface area is 106 Å². The minimum Gasteiger partial charge on any atom is -0.492 e. The zero-order chi connectivity index (χ0) is 13.0. The molecule has 0 saturated carbocycles. The van der Waals surface area contributed by atoms with Crippen LogP contribution in [0.25, 0.3) is 0 Å². The highest BCUT2D eigenvalue weighted by molar-refractivity contribution is 5.63. The zero-order valence-corrected chi connectivity index (χ0v) is 10.5. The fourth-order valence-electron chi connectivity index (χ4n) is 1.54. The van der Waals surface area contributed by atoms with Crippen molar-refractivity contribution in [2.24, 2.45) is 0 Å². The smallest absolute Gasteiger partial charge is 0.154 e. The monoisotopic (exact) mass is 244 g/mol. The number of anilines is 1. The number of benzene rings is 1. The lowest BCUT2D eigenvalue weighted by Crippen LogP contribution is -1.99. The van der Waals surface area contributed by atoms with E-state index in [1.807, 2.05) is 38.1 Å². The van der Waals surface area contributed by atoms with Crippen molar-refractivity contribution in [2.45, 2.75) is 13.8 Å². The van der Waals surface area contributed by atoms with E-state index >= 15 is 0 Å². The number of hydrogen-bond acceptors (Lipinski definition) is 4. The fraction of sp³-hybridized carbons (Fsp3) is 0.214. The molecular weight excluding hydrogens is 228 g/mol. The summed E-state index contributed by atoms with van der Waals surface area (Å²) in [6.45, 7) is 4.41. The maximum absolute atomic E-state index is 5.98. The number of nitrogens with zero attached hydrogens (tertiary/aromatic N) is 1. The van der Waals surface area contributed by atoms with Crippen molar-refractivity contribution in [3.8, 4) is 17.2 Å². The quantitative estimate of drug-likeness (QED) is 0.839. The lowest BCUT2D eigenvalue weighted by atomic mass is 10.2. The molecule has 0 atom stereocenters. The van der Waals surface area contributed by atoms with Crippen LogP contribution in [0.2, 0.25) is 0 Å². The molecule has 0 fully saturated rings. The summed E-state index contributed by atoms with van der Waals surface area (Å²) in [5.74, 6) is 1.86. The fourth-order valence-corrected chi connectivity index (χ4v) is 1.54. The molecule has 4 nitrogen and oxygen atoms in total. The van der Waals surface area contributed by atoms with Crippen LogP contribution in [0.5, 0.6) is 17.2 Å². The summed E-state index contributed by atoms with van der Waals surface area (Å²) in [5, 5.41) is 0. The molecule has 0 aliphatic rings. The number of ether oxygens (including phenoxy) is 2. The van der Waals surface area contributed by atoms with Gasteiger partial charge in [-0.05, 0) is 38.1 Å². The molecule has 1 aromatic carbocycles. The number of rotatable bonds is 4. The average molecular weight is 244 g/mol. The third-order valence-corrected chi connectivity index (χ3v) is 2.44. The Morgan fingerprint density at radius 2 is 1.94 bits per heavy atom. The van der Waals surface area contributed by atoms with E-state index < -0.39 is 0 Å². The molecule has 2 N–H and O–H groups in total. The number of nitrogens with two attached hydrogens (primary N) is 1. The van der Waals surface area contributed by atoms with Gasteiger partial charge in [-0.1, -0.05) is 6.07 Å². The Balaban J connectivity index is 2.23. The van der Waals surface area contributed by atoms with Crippen molar-refractivity contribution < 1.29 is 9.47 Å². The van der Waals surface area contributed by atoms with E-state index in [-0.39, 0.29) is 0 Å². The Morgan fingerprint density at radius 3 is 2.61 bits per heavy atom. The molecule has 1 aromatic heterocycles. The predicted octanol–water partition coefficient (Wildman–Crippen LogP) is 3.16. The summed E-state index contributed by atoms with van der Waals surface area (Å²) in [7, 11) is 0. The van der Waals surface area contributed by atoms with Crippen LogP contribution in [0.15, 0.2) is 36.5 Å². The zero-order valence-electron chi connectivity index (χ0n) is 10.5. The van der Waals surface area contributed by atoms with E-state index in [2.05, 4.69) is 4.98 Å². The summed E-state index contributed by atoms with van der Waals surface area (Å²) in [6, 6.07) is 9.21. The molecule has 0 radical (unpaired) electrons. The molecular formula is C14H16N2O2. The van der Waals surface area contributed by atoms with E-state index in [0.29, 0.717) is 29.5 Å². The summed E-state index contributed by atoms with van der Waals surface area (Å²) in [5.41, 5.74) is 7.42. The van der Waals surface area contributed by atoms with Crippen LogP contribution in [0.1, 0.15) is 12.6 Å². The molecule has 94 valence electrons. The second kappa shape index (κ2) is 5.40. The second-order valence-corrected chi connectivity index (χ2v) is 3.84. The maximum Gasteiger partial charge on any atom is 0.154 e. The predicted molar refractivity (Wildman–Crippen MR) is 71.1 cm³/mol. The van der Waals surface area contributed by atoms with E-state index in [9.17, 15) is 0 Å². The van der Waals surface area contributed by atoms with Crippen LogP contribution in [0.4, 0.5) is 5.69 Å². The van der Waals surface area contributed by atoms with E-state index in [0.717, 1.165) is 5.69 Å². The minimum atomic E-state index is 0.500. The van der Waals surface area contributed by atoms with Crippen molar-refractivity contribution >= 4 is 5.69 Å². The Hall–Kier alpha value is -2.23. The van der Waals surface area contributed by atoms with Gasteiger partial charge in [-0.3, -0.25) is 4.98 Å². The van der Waals surface area contributed by atoms with Gasteiger partial charge in [0.25, 0.3) is 0 Å². The first-order valence-corrected chi connectivity index (χ1v) is 5.82. The van der Waals surface area contributed by atoms with Gasteiger partial charge in [0.2, 0.25) is 0 Å². The van der Waals surface area contributed by atoms with Crippen LogP contribution < -0.4 is 15.2 Å². The number of pyridine rings is 1. The lowest BCUT2D eigenvalue weighted by Gasteiger charge is -2.12. The summed E-state index contributed by atoms with van der Waals surface area (Å²) < 4.78 is 11.1. The molecule has 0 bridgehead atoms. The molecule has 2 aromatic rings. The van der Waals surface area contributed by atoms with Gasteiger partial charge >= 0.3 is 0 Å². The van der Waals surface area contributed by atoms with Crippen LogP contribution >= 0.6 is 0 Å². The van der Waals surface area contributed by atoms with Crippen molar-refractivity contribution in [2.75, 3.05) is 12.3 Å². The van der Waals surface area contributed by atoms with Gasteiger partial charge in [-0.2, -0.15) is 0 Å². The Bertz CT molecular complexity index is 524. The molecule has 0 aliphatic heterocycles. The number of aromatic nitrogens is 1. The van der Waals surface area contributed by atoms with E-state index in [1.165, 1.54) is 0 Å². The summed E-state index contributed by atoms with van der Waals surface area (Å²) in [4.78, 5) is 4.17. The molecule has 18 heavy (non-hydrogen) atoms. The van der Waals surface area contributed by atoms with Crippen molar-refractivity contribution in [3.63, 3.8) is 0 Å². The van der Waals surface area contributed by atoms with Crippen LogP contribution in [0.3, 0.4) is 0 Å². The highest BCUT2D eigenvalue weighted by Gasteiger charge is 2.07. The maximum atomic E-state index is 5.98. The molecule has 0 spiro atoms. The van der Waals surface area contributed by atoms with Crippen LogP contribution in [0, 0.1) is 6.92 Å². The third-order valence-electron chi connectivity index (χ3n) is 2.44. The van der Waals surface area contributed by atoms with Gasteiger partial charge in [-0.15, -0.1) is 0 Å². The molecule has 0 unspecified atom stereocenters. The van der Waals surface area contributed by atoms with Gasteiger partial charge < -0.3 is 15.2 Å². The van der Waals surface area contributed by atoms with Crippen LogP contribution in [-0.2, 0) is 0 Å². The minimum absolute atomic E-state index is 0.500. The van der Waals surface area contributed by atoms with Gasteiger partial charge in [0, 0.05) is 5.69 Å². The van der Waals surface area contributed by atoms with Gasteiger partial charge in [-0.25, -0.2) is 0 Å². The number of nitrogen functional groups attached to an aromatic ring is 1. The molecule has 0 amide bonds. The average Bonchev–Trinajstić information content (AvgIpc) is 2.37. The molecule has 0 aliphatic carbocycles. The molecule has 0 saturated heterocycles. The highest BCUT2D eigenvalue weighted by atomic mass is 16.5. The molecule has 1 heterocycles. The topological polar surface area (TPSA) is 57.4 Å². The number of hydrogen-bond donors (Lipinski definition) is 1. The number of aryl methyl sites for hydroxylation is 1. The van der Waals surface area contributed by atoms with Crippen molar-refractivity contribution in [1.82, 2.24) is 4.98 Å². The first-order chi connectivity index (χ1) is 8.70. The highest BCUT2D eigenvalue weighted by Crippen LogP contribution is 2.34. The van der Waals surface area contributed by atoms with Crippen LogP contribution in [-0.4, -0.2) is 11.6 Å². The van der Waals surface area contributed by atoms with Crippen molar-refractivity contribution in [1.29, 1.82) is 0 Å². The summed E-state index contributed by atoms with van der Waals surface area (Å²) >= 11 is 0. The van der Waals surface area contributed by atoms with Gasteiger partial charge in [0.1, 0.15) is 17.2 Å². The normalized spacial score (nSPS) is 10.1. The largest absolute Gasteiger partial charge is 0.492 e. The summed E-state index contributed by atoms with van der Waals surface area (Å²) in [6.07, 6.45) is 1.67.